The molecule has 2 aromatic carbocycles. The van der Waals surface area contributed by atoms with E-state index in [1.165, 1.54) is 0 Å². The number of rotatable bonds is 3. The van der Waals surface area contributed by atoms with Crippen molar-refractivity contribution < 1.29 is 4.79 Å². The van der Waals surface area contributed by atoms with Crippen LogP contribution in [0.4, 0.5) is 5.69 Å². The van der Waals surface area contributed by atoms with Gasteiger partial charge in [-0.2, -0.15) is 0 Å². The van der Waals surface area contributed by atoms with Crippen molar-refractivity contribution in [2.24, 2.45) is 0 Å². The Hall–Kier alpha value is -2.50. The van der Waals surface area contributed by atoms with E-state index in [1.807, 2.05) is 35.8 Å². The zero-order valence-electron chi connectivity index (χ0n) is 17.0. The van der Waals surface area contributed by atoms with Crippen LogP contribution >= 0.6 is 23.2 Å². The number of amides is 1. The molecule has 0 unspecified atom stereocenters. The first kappa shape index (κ1) is 20.8. The Kier molecular flexibility index (Phi) is 5.76. The van der Waals surface area contributed by atoms with Crippen LogP contribution in [0.2, 0.25) is 10.0 Å². The number of halogens is 2. The molecule has 0 saturated carbocycles. The summed E-state index contributed by atoms with van der Waals surface area (Å²) in [6, 6.07) is 11.1. The number of carbonyl (C=O) groups excluding carboxylic acids is 1. The smallest absolute Gasteiger partial charge is 0.259 e. The van der Waals surface area contributed by atoms with Crippen LogP contribution in [0, 0.1) is 6.92 Å². The second kappa shape index (κ2) is 8.32. The van der Waals surface area contributed by atoms with Gasteiger partial charge in [0.2, 0.25) is 5.43 Å². The summed E-state index contributed by atoms with van der Waals surface area (Å²) in [5.74, 6) is -0.230. The van der Waals surface area contributed by atoms with Gasteiger partial charge in [0.25, 0.3) is 5.91 Å². The molecule has 0 aliphatic carbocycles. The molecule has 0 radical (unpaired) electrons. The molecule has 4 rings (SSSR count). The normalized spacial score (nSPS) is 14.4. The molecule has 1 amide bonds. The van der Waals surface area contributed by atoms with Crippen molar-refractivity contribution in [1.29, 1.82) is 0 Å². The molecule has 0 atom stereocenters. The van der Waals surface area contributed by atoms with Crippen LogP contribution in [0.3, 0.4) is 0 Å². The standard InChI is InChI=1S/C23H23Cl2N3O2/c1-3-26-14-19(22(29)18-12-16(24)6-7-20(18)26)23(30)28-10-8-27(9-11-28)21-13-17(25)5-4-15(21)2/h4-7,12-14H,3,8-11H2,1-2H3. The van der Waals surface area contributed by atoms with Crippen molar-refractivity contribution >= 4 is 45.7 Å². The number of pyridine rings is 1. The molecule has 1 aliphatic heterocycles. The van der Waals surface area contributed by atoms with E-state index in [0.29, 0.717) is 48.2 Å². The molecule has 1 fully saturated rings. The predicted molar refractivity (Wildman–Crippen MR) is 123 cm³/mol. The first-order valence-corrected chi connectivity index (χ1v) is 10.8. The number of carbonyl (C=O) groups is 1. The number of anilines is 1. The van der Waals surface area contributed by atoms with Crippen LogP contribution in [0.25, 0.3) is 10.9 Å². The molecule has 5 nitrogen and oxygen atoms in total. The second-order valence-corrected chi connectivity index (χ2v) is 8.40. The third-order valence-electron chi connectivity index (χ3n) is 5.69. The van der Waals surface area contributed by atoms with E-state index in [4.69, 9.17) is 23.2 Å². The third kappa shape index (κ3) is 3.80. The van der Waals surface area contributed by atoms with Gasteiger partial charge in [-0.25, -0.2) is 0 Å². The van der Waals surface area contributed by atoms with Gasteiger partial charge in [0.05, 0.1) is 5.52 Å². The highest BCUT2D eigenvalue weighted by Gasteiger charge is 2.26. The molecule has 1 aliphatic rings. The zero-order valence-corrected chi connectivity index (χ0v) is 18.5. The number of benzene rings is 2. The maximum atomic E-state index is 13.2. The Morgan fingerprint density at radius 1 is 1.00 bits per heavy atom. The van der Waals surface area contributed by atoms with Gasteiger partial charge in [0.15, 0.2) is 0 Å². The summed E-state index contributed by atoms with van der Waals surface area (Å²) in [6.07, 6.45) is 1.67. The molecule has 7 heteroatoms. The maximum Gasteiger partial charge on any atom is 0.259 e. The highest BCUT2D eigenvalue weighted by molar-refractivity contribution is 6.31. The first-order valence-electron chi connectivity index (χ1n) is 10.0. The monoisotopic (exact) mass is 443 g/mol. The minimum atomic E-state index is -0.268. The van der Waals surface area contributed by atoms with Crippen LogP contribution < -0.4 is 10.3 Å². The summed E-state index contributed by atoms with van der Waals surface area (Å²) in [5.41, 5.74) is 2.94. The van der Waals surface area contributed by atoms with E-state index in [-0.39, 0.29) is 16.9 Å². The lowest BCUT2D eigenvalue weighted by molar-refractivity contribution is 0.0745. The molecule has 0 bridgehead atoms. The molecule has 1 saturated heterocycles. The van der Waals surface area contributed by atoms with Crippen molar-refractivity contribution in [2.75, 3.05) is 31.1 Å². The van der Waals surface area contributed by atoms with Gasteiger partial charge in [-0.1, -0.05) is 29.3 Å². The van der Waals surface area contributed by atoms with Crippen LogP contribution in [-0.4, -0.2) is 41.6 Å². The molecule has 156 valence electrons. The fraction of sp³-hybridized carbons (Fsp3) is 0.304. The van der Waals surface area contributed by atoms with Crippen LogP contribution in [0.15, 0.2) is 47.4 Å². The van der Waals surface area contributed by atoms with Gasteiger partial charge < -0.3 is 14.4 Å². The average molecular weight is 444 g/mol. The van der Waals surface area contributed by atoms with Crippen LogP contribution in [0.1, 0.15) is 22.8 Å². The number of piperazine rings is 1. The predicted octanol–water partition coefficient (Wildman–Crippen LogP) is 4.60. The minimum absolute atomic E-state index is 0.194. The fourth-order valence-electron chi connectivity index (χ4n) is 4.03. The van der Waals surface area contributed by atoms with Gasteiger partial charge >= 0.3 is 0 Å². The number of nitrogens with zero attached hydrogens (tertiary/aromatic N) is 3. The molecule has 1 aromatic heterocycles. The molecular weight excluding hydrogens is 421 g/mol. The quantitative estimate of drug-likeness (QED) is 0.593. The lowest BCUT2D eigenvalue weighted by atomic mass is 10.1. The van der Waals surface area contributed by atoms with Crippen LogP contribution in [-0.2, 0) is 6.54 Å². The number of fused-ring (bicyclic) bond motifs is 1. The van der Waals surface area contributed by atoms with Gasteiger partial charge in [0.1, 0.15) is 5.56 Å². The van der Waals surface area contributed by atoms with E-state index >= 15 is 0 Å². The third-order valence-corrected chi connectivity index (χ3v) is 6.16. The summed E-state index contributed by atoms with van der Waals surface area (Å²) >= 11 is 12.3. The molecule has 2 heterocycles. The maximum absolute atomic E-state index is 13.2. The topological polar surface area (TPSA) is 45.6 Å². The summed E-state index contributed by atoms with van der Waals surface area (Å²) < 4.78 is 1.92. The summed E-state index contributed by atoms with van der Waals surface area (Å²) in [7, 11) is 0. The van der Waals surface area contributed by atoms with Gasteiger partial charge in [-0.05, 0) is 49.7 Å². The van der Waals surface area contributed by atoms with E-state index in [9.17, 15) is 9.59 Å². The molecule has 0 N–H and O–H groups in total. The van der Waals surface area contributed by atoms with E-state index < -0.39 is 0 Å². The fourth-order valence-corrected chi connectivity index (χ4v) is 4.37. The molecule has 30 heavy (non-hydrogen) atoms. The van der Waals surface area contributed by atoms with Crippen molar-refractivity contribution in [3.05, 3.63) is 74.0 Å². The van der Waals surface area contributed by atoms with Crippen LogP contribution in [0.5, 0.6) is 0 Å². The minimum Gasteiger partial charge on any atom is -0.368 e. The summed E-state index contributed by atoms with van der Waals surface area (Å²) in [6.45, 7) is 7.16. The lowest BCUT2D eigenvalue weighted by Gasteiger charge is -2.37. The number of hydrogen-bond acceptors (Lipinski definition) is 3. The van der Waals surface area contributed by atoms with Gasteiger partial charge in [-0.3, -0.25) is 9.59 Å². The number of aryl methyl sites for hydroxylation is 2. The van der Waals surface area contributed by atoms with Crippen molar-refractivity contribution in [1.82, 2.24) is 9.47 Å². The van der Waals surface area contributed by atoms with Gasteiger partial charge in [-0.15, -0.1) is 0 Å². The van der Waals surface area contributed by atoms with E-state index in [2.05, 4.69) is 11.8 Å². The Labute approximate surface area is 185 Å². The molecular formula is C23H23Cl2N3O2. The first-order chi connectivity index (χ1) is 14.4. The van der Waals surface area contributed by atoms with Crippen molar-refractivity contribution in [3.8, 4) is 0 Å². The van der Waals surface area contributed by atoms with Gasteiger partial charge in [0, 0.05) is 60.0 Å². The van der Waals surface area contributed by atoms with Crippen molar-refractivity contribution in [2.45, 2.75) is 20.4 Å². The summed E-state index contributed by atoms with van der Waals surface area (Å²) in [4.78, 5) is 30.3. The highest BCUT2D eigenvalue weighted by Crippen LogP contribution is 2.26. The number of aromatic nitrogens is 1. The second-order valence-electron chi connectivity index (χ2n) is 7.53. The van der Waals surface area contributed by atoms with E-state index in [1.54, 1.807) is 23.2 Å². The largest absolute Gasteiger partial charge is 0.368 e. The SMILES string of the molecule is CCn1cc(C(=O)N2CCN(c3cc(Cl)ccc3C)CC2)c(=O)c2cc(Cl)ccc21. The van der Waals surface area contributed by atoms with E-state index in [0.717, 1.165) is 16.8 Å². The highest BCUT2D eigenvalue weighted by atomic mass is 35.5. The Morgan fingerprint density at radius 2 is 1.67 bits per heavy atom. The number of hydrogen-bond donors (Lipinski definition) is 0. The molecule has 3 aromatic rings. The average Bonchev–Trinajstić information content (AvgIpc) is 2.76. The molecule has 0 spiro atoms. The lowest BCUT2D eigenvalue weighted by Crippen LogP contribution is -2.49. The summed E-state index contributed by atoms with van der Waals surface area (Å²) in [5, 5.41) is 1.66. The van der Waals surface area contributed by atoms with Crippen molar-refractivity contribution in [3.63, 3.8) is 0 Å². The Morgan fingerprint density at radius 3 is 2.37 bits per heavy atom. The Balaban J connectivity index is 1.60. The Bertz CT molecular complexity index is 1180. The zero-order chi connectivity index (χ0) is 21.4.